The average molecular weight is 343 g/mol. The summed E-state index contributed by atoms with van der Waals surface area (Å²) >= 11 is 6.07. The molecule has 0 bridgehead atoms. The number of β-amino-alcohol motifs (C(OH)–C–C–N with tert-alkyl or cyclic N) is 1. The molecule has 1 aromatic carbocycles. The Balaban J connectivity index is 1.52. The van der Waals surface area contributed by atoms with E-state index in [1.165, 1.54) is 17.3 Å². The van der Waals surface area contributed by atoms with Crippen LogP contribution in [0.4, 0.5) is 5.82 Å². The van der Waals surface area contributed by atoms with Crippen LogP contribution in [0.2, 0.25) is 5.02 Å². The number of nitriles is 1. The van der Waals surface area contributed by atoms with Gasteiger partial charge >= 0.3 is 0 Å². The number of anilines is 1. The molecular weight excluding hydrogens is 324 g/mol. The number of halogens is 1. The number of aliphatic hydroxyl groups is 1. The molecule has 2 aromatic rings. The fourth-order valence-electron chi connectivity index (χ4n) is 2.92. The maximum atomic E-state index is 10.3. The summed E-state index contributed by atoms with van der Waals surface area (Å²) in [5.74, 6) is 0.485. The molecule has 6 heteroatoms. The van der Waals surface area contributed by atoms with Gasteiger partial charge in [0.05, 0.1) is 16.7 Å². The minimum absolute atomic E-state index is 0.358. The molecule has 24 heavy (non-hydrogen) atoms. The van der Waals surface area contributed by atoms with Crippen molar-refractivity contribution in [3.63, 3.8) is 0 Å². The molecule has 0 amide bonds. The van der Waals surface area contributed by atoms with Gasteiger partial charge in [-0.15, -0.1) is 0 Å². The number of pyridine rings is 1. The topological polar surface area (TPSA) is 72.2 Å². The lowest BCUT2D eigenvalue weighted by Gasteiger charge is -2.30. The molecule has 0 spiro atoms. The van der Waals surface area contributed by atoms with Gasteiger partial charge in [-0.25, -0.2) is 4.98 Å². The van der Waals surface area contributed by atoms with Gasteiger partial charge in [0.15, 0.2) is 0 Å². The van der Waals surface area contributed by atoms with E-state index in [0.717, 1.165) is 19.5 Å². The third-order valence-corrected chi connectivity index (χ3v) is 4.44. The van der Waals surface area contributed by atoms with Crippen molar-refractivity contribution in [2.24, 2.45) is 0 Å². The van der Waals surface area contributed by atoms with Crippen LogP contribution in [0.25, 0.3) is 0 Å². The van der Waals surface area contributed by atoms with E-state index in [-0.39, 0.29) is 0 Å². The van der Waals surface area contributed by atoms with Crippen molar-refractivity contribution in [3.8, 4) is 6.07 Å². The third-order valence-electron chi connectivity index (χ3n) is 4.15. The Hall–Kier alpha value is -2.13. The molecule has 0 unspecified atom stereocenters. The normalized spacial score (nSPS) is 15.4. The maximum absolute atomic E-state index is 10.3. The largest absolute Gasteiger partial charge is 0.390 e. The highest BCUT2D eigenvalue weighted by Gasteiger charge is 2.18. The fraction of sp³-hybridized carbons (Fsp3) is 0.333. The second-order valence-corrected chi connectivity index (χ2v) is 6.36. The van der Waals surface area contributed by atoms with Crippen LogP contribution in [0.3, 0.4) is 0 Å². The average Bonchev–Trinajstić information content (AvgIpc) is 2.60. The smallest absolute Gasteiger partial charge is 0.144 e. The second kappa shape index (κ2) is 7.63. The highest BCUT2D eigenvalue weighted by molar-refractivity contribution is 6.33. The van der Waals surface area contributed by atoms with Crippen LogP contribution in [0.15, 0.2) is 36.5 Å². The van der Waals surface area contributed by atoms with Crippen LogP contribution in [0, 0.1) is 11.3 Å². The van der Waals surface area contributed by atoms with Gasteiger partial charge in [0, 0.05) is 32.4 Å². The molecule has 2 heterocycles. The monoisotopic (exact) mass is 342 g/mol. The number of hydrogen-bond acceptors (Lipinski definition) is 5. The van der Waals surface area contributed by atoms with Crippen molar-refractivity contribution in [1.82, 2.24) is 9.88 Å². The molecule has 0 fully saturated rings. The summed E-state index contributed by atoms with van der Waals surface area (Å²) in [6, 6.07) is 12.0. The first-order valence-electron chi connectivity index (χ1n) is 7.92. The number of rotatable bonds is 5. The van der Waals surface area contributed by atoms with Gasteiger partial charge in [0.1, 0.15) is 11.9 Å². The lowest BCUT2D eigenvalue weighted by molar-refractivity contribution is 0.114. The van der Waals surface area contributed by atoms with Gasteiger partial charge in [-0.05, 0) is 23.6 Å². The first-order chi connectivity index (χ1) is 11.7. The van der Waals surface area contributed by atoms with Crippen LogP contribution in [-0.4, -0.2) is 40.7 Å². The number of aliphatic hydroxyl groups excluding tert-OH is 1. The van der Waals surface area contributed by atoms with Gasteiger partial charge in [0.25, 0.3) is 0 Å². The zero-order valence-corrected chi connectivity index (χ0v) is 14.0. The molecule has 1 atom stereocenters. The van der Waals surface area contributed by atoms with Crippen LogP contribution in [0.5, 0.6) is 0 Å². The Kier molecular flexibility index (Phi) is 5.31. The number of nitrogens with one attached hydrogen (secondary N) is 1. The molecule has 1 aliphatic heterocycles. The highest BCUT2D eigenvalue weighted by atomic mass is 35.5. The van der Waals surface area contributed by atoms with E-state index in [4.69, 9.17) is 16.9 Å². The van der Waals surface area contributed by atoms with Crippen molar-refractivity contribution < 1.29 is 5.11 Å². The van der Waals surface area contributed by atoms with Crippen LogP contribution < -0.4 is 5.32 Å². The molecule has 0 saturated carbocycles. The Morgan fingerprint density at radius 3 is 2.92 bits per heavy atom. The molecule has 1 aliphatic rings. The van der Waals surface area contributed by atoms with E-state index >= 15 is 0 Å². The molecular formula is C18H19ClN4O. The Morgan fingerprint density at radius 2 is 2.17 bits per heavy atom. The zero-order chi connectivity index (χ0) is 16.9. The summed E-state index contributed by atoms with van der Waals surface area (Å²) < 4.78 is 0. The number of aromatic nitrogens is 1. The number of hydrogen-bond donors (Lipinski definition) is 2. The third kappa shape index (κ3) is 4.04. The Bertz CT molecular complexity index is 759. The number of nitrogens with zero attached hydrogens (tertiary/aromatic N) is 3. The minimum atomic E-state index is -0.524. The van der Waals surface area contributed by atoms with Gasteiger partial charge in [0.2, 0.25) is 0 Å². The molecule has 124 valence electrons. The van der Waals surface area contributed by atoms with Gasteiger partial charge < -0.3 is 10.4 Å². The molecule has 3 rings (SSSR count). The SMILES string of the molecule is N#Cc1cnc(NC[C@H](O)CN2CCc3ccccc3C2)c(Cl)c1. The fourth-order valence-corrected chi connectivity index (χ4v) is 3.15. The number of benzene rings is 1. The van der Waals surface area contributed by atoms with Crippen LogP contribution in [0.1, 0.15) is 16.7 Å². The molecule has 0 aliphatic carbocycles. The van der Waals surface area contributed by atoms with Gasteiger partial charge in [-0.1, -0.05) is 35.9 Å². The summed E-state index contributed by atoms with van der Waals surface area (Å²) in [7, 11) is 0. The van der Waals surface area contributed by atoms with Crippen LogP contribution in [-0.2, 0) is 13.0 Å². The van der Waals surface area contributed by atoms with E-state index in [0.29, 0.717) is 29.5 Å². The molecule has 0 saturated heterocycles. The van der Waals surface area contributed by atoms with E-state index in [1.54, 1.807) is 6.07 Å². The van der Waals surface area contributed by atoms with Crippen molar-refractivity contribution in [3.05, 3.63) is 58.2 Å². The Labute approximate surface area is 146 Å². The van der Waals surface area contributed by atoms with Crippen molar-refractivity contribution in [1.29, 1.82) is 5.26 Å². The summed E-state index contributed by atoms with van der Waals surface area (Å²) in [4.78, 5) is 6.36. The van der Waals surface area contributed by atoms with Gasteiger partial charge in [-0.3, -0.25) is 4.90 Å². The quantitative estimate of drug-likeness (QED) is 0.873. The van der Waals surface area contributed by atoms with E-state index in [2.05, 4.69) is 39.5 Å². The molecule has 2 N–H and O–H groups in total. The summed E-state index contributed by atoms with van der Waals surface area (Å²) in [6.07, 6.45) is 1.95. The minimum Gasteiger partial charge on any atom is -0.390 e. The van der Waals surface area contributed by atoms with Crippen molar-refractivity contribution in [2.45, 2.75) is 19.1 Å². The van der Waals surface area contributed by atoms with Gasteiger partial charge in [-0.2, -0.15) is 5.26 Å². The molecule has 0 radical (unpaired) electrons. The lowest BCUT2D eigenvalue weighted by Crippen LogP contribution is -2.39. The first-order valence-corrected chi connectivity index (χ1v) is 8.30. The molecule has 1 aromatic heterocycles. The standard InChI is InChI=1S/C18H19ClN4O/c19-17-7-13(8-20)9-21-18(17)22-10-16(24)12-23-6-5-14-3-1-2-4-15(14)11-23/h1-4,7,9,16,24H,5-6,10-12H2,(H,21,22)/t16-/m0/s1. The maximum Gasteiger partial charge on any atom is 0.144 e. The zero-order valence-electron chi connectivity index (χ0n) is 13.2. The number of fused-ring (bicyclic) bond motifs is 1. The van der Waals surface area contributed by atoms with Crippen LogP contribution >= 0.6 is 11.6 Å². The van der Waals surface area contributed by atoms with Crippen molar-refractivity contribution >= 4 is 17.4 Å². The Morgan fingerprint density at radius 1 is 1.38 bits per heavy atom. The second-order valence-electron chi connectivity index (χ2n) is 5.95. The summed E-state index contributed by atoms with van der Waals surface area (Å²) in [5, 5.41) is 22.5. The predicted molar refractivity (Wildman–Crippen MR) is 93.9 cm³/mol. The predicted octanol–water partition coefficient (Wildman–Crippen LogP) is 2.44. The first kappa shape index (κ1) is 16.7. The van der Waals surface area contributed by atoms with E-state index in [9.17, 15) is 5.11 Å². The van der Waals surface area contributed by atoms with E-state index < -0.39 is 6.10 Å². The van der Waals surface area contributed by atoms with Crippen molar-refractivity contribution in [2.75, 3.05) is 25.0 Å². The highest BCUT2D eigenvalue weighted by Crippen LogP contribution is 2.20. The molecule has 5 nitrogen and oxygen atoms in total. The summed E-state index contributed by atoms with van der Waals surface area (Å²) in [5.41, 5.74) is 3.15. The summed E-state index contributed by atoms with van der Waals surface area (Å²) in [6.45, 7) is 2.76. The lowest BCUT2D eigenvalue weighted by atomic mass is 10.00. The van der Waals surface area contributed by atoms with E-state index in [1.807, 2.05) is 6.07 Å².